The second kappa shape index (κ2) is 15.7. The van der Waals surface area contributed by atoms with E-state index in [1.807, 2.05) is 20.8 Å². The number of carbonyl (C=O) groups is 4. The molecule has 0 aromatic heterocycles. The molecule has 1 amide bonds. The Hall–Kier alpha value is -2.75. The van der Waals surface area contributed by atoms with Gasteiger partial charge in [0.25, 0.3) is 5.91 Å². The minimum absolute atomic E-state index is 0.0295. The van der Waals surface area contributed by atoms with Crippen LogP contribution < -0.4 is 10.6 Å². The average Bonchev–Trinajstić information content (AvgIpc) is 3.46. The molecule has 2 unspecified atom stereocenters. The smallest absolute Gasteiger partial charge is 0.309 e. The van der Waals surface area contributed by atoms with Crippen molar-refractivity contribution < 1.29 is 34.1 Å². The van der Waals surface area contributed by atoms with Crippen molar-refractivity contribution in [3.63, 3.8) is 0 Å². The van der Waals surface area contributed by atoms with Gasteiger partial charge in [0.05, 0.1) is 23.5 Å². The third kappa shape index (κ3) is 7.25. The van der Waals surface area contributed by atoms with Crippen LogP contribution in [0.5, 0.6) is 0 Å². The van der Waals surface area contributed by atoms with Gasteiger partial charge in [-0.05, 0) is 160 Å². The van der Waals surface area contributed by atoms with Gasteiger partial charge in [0.1, 0.15) is 6.10 Å². The lowest BCUT2D eigenvalue weighted by Crippen LogP contribution is -2.66. The van der Waals surface area contributed by atoms with Crippen molar-refractivity contribution in [2.24, 2.45) is 68.0 Å². The third-order valence-corrected chi connectivity index (χ3v) is 19.6. The van der Waals surface area contributed by atoms with Crippen molar-refractivity contribution in [1.29, 1.82) is 0 Å². The van der Waals surface area contributed by atoms with E-state index in [4.69, 9.17) is 16.3 Å². The minimum atomic E-state index is -0.914. The van der Waals surface area contributed by atoms with Crippen LogP contribution in [0.15, 0.2) is 35.4 Å². The maximum atomic E-state index is 14.2. The Morgan fingerprint density at radius 1 is 0.869 bits per heavy atom. The number of ether oxygens (including phenoxy) is 1. The number of aliphatic carboxylic acids is 1. The topological polar surface area (TPSA) is 142 Å². The number of esters is 1. The summed E-state index contributed by atoms with van der Waals surface area (Å²) in [6.45, 7) is 25.1. The SMILES string of the molecule is CC(C)C1=C2[C@H]3CC[C@@H]4[C@@]5(C)CC[C@H](OC(=O)[C@H]6C[C@@H](C(=O)O)C6(C)C)C(C)(C)[C@@H]5CC[C@@]4(C)[C@]3(C)CC[C@@]2(CCNCC(C)(NC(=O)c2ccc(Cl)cc2)C(C)O)CC1=O. The number of ketones is 1. The van der Waals surface area contributed by atoms with Crippen LogP contribution in [0.4, 0.5) is 0 Å². The van der Waals surface area contributed by atoms with Gasteiger partial charge in [-0.1, -0.05) is 79.5 Å². The Kier molecular flexibility index (Phi) is 11.9. The molecule has 6 aliphatic rings. The standard InChI is InChI=1S/C51H75ClN2O7/c1-29(2)40-36(56)27-51(24-25-53-28-50(11,30(3)55)54-42(57)31-12-14-32(52)15-13-31)23-22-48(9)33(41(40)51)16-17-38-47(8)20-19-39(46(6,7)37(47)18-21-49(38,48)10)61-44(60)35-26-34(43(58)59)45(35,4)5/h12-15,29-30,33-35,37-39,53,55H,16-28H2,1-11H3,(H,54,57)(H,58,59)/t30?,33-,34+,35-,37+,38-,39+,47+,48-,49-,50?,51-/m1/s1. The number of Topliss-reactive ketones (excluding diaryl/α,β-unsaturated/α-hetero) is 1. The Morgan fingerprint density at radius 2 is 1.54 bits per heavy atom. The normalized spacial score (nSPS) is 38.8. The van der Waals surface area contributed by atoms with Gasteiger partial charge < -0.3 is 25.6 Å². The molecule has 0 spiro atoms. The molecule has 0 aliphatic heterocycles. The van der Waals surface area contributed by atoms with E-state index in [0.29, 0.717) is 60.1 Å². The van der Waals surface area contributed by atoms with Crippen LogP contribution in [-0.2, 0) is 19.1 Å². The Labute approximate surface area is 370 Å². The number of amides is 1. The van der Waals surface area contributed by atoms with Gasteiger partial charge in [-0.25, -0.2) is 0 Å². The fraction of sp³-hybridized carbons (Fsp3) is 0.765. The van der Waals surface area contributed by atoms with E-state index in [0.717, 1.165) is 63.4 Å². The van der Waals surface area contributed by atoms with Crippen molar-refractivity contribution >= 4 is 35.2 Å². The highest BCUT2D eigenvalue weighted by Gasteiger charge is 2.70. The first-order valence-electron chi connectivity index (χ1n) is 23.5. The number of allylic oxidation sites excluding steroid dienone is 2. The van der Waals surface area contributed by atoms with E-state index in [1.165, 1.54) is 5.57 Å². The maximum Gasteiger partial charge on any atom is 0.309 e. The molecule has 338 valence electrons. The second-order valence-electron chi connectivity index (χ2n) is 23.2. The number of rotatable bonds is 12. The van der Waals surface area contributed by atoms with Crippen molar-refractivity contribution in [2.75, 3.05) is 13.1 Å². The van der Waals surface area contributed by atoms with E-state index in [-0.39, 0.29) is 56.9 Å². The summed E-state index contributed by atoms with van der Waals surface area (Å²) in [6.07, 6.45) is 9.00. The molecule has 0 heterocycles. The van der Waals surface area contributed by atoms with Crippen LogP contribution in [-0.4, -0.2) is 64.7 Å². The highest BCUT2D eigenvalue weighted by molar-refractivity contribution is 6.30. The van der Waals surface area contributed by atoms with Crippen LogP contribution in [0.2, 0.25) is 5.02 Å². The van der Waals surface area contributed by atoms with Crippen molar-refractivity contribution in [2.45, 2.75) is 165 Å². The van der Waals surface area contributed by atoms with Crippen LogP contribution in [0.25, 0.3) is 0 Å². The third-order valence-electron chi connectivity index (χ3n) is 19.3. The fourth-order valence-electron chi connectivity index (χ4n) is 15.1. The molecule has 4 N–H and O–H groups in total. The van der Waals surface area contributed by atoms with Crippen LogP contribution in [0, 0.1) is 68.0 Å². The summed E-state index contributed by atoms with van der Waals surface area (Å²) in [5, 5.41) is 27.8. The highest BCUT2D eigenvalue weighted by Crippen LogP contribution is 2.77. The highest BCUT2D eigenvalue weighted by atomic mass is 35.5. The van der Waals surface area contributed by atoms with E-state index in [2.05, 4.69) is 59.1 Å². The fourth-order valence-corrected chi connectivity index (χ4v) is 15.2. The molecule has 5 saturated carbocycles. The van der Waals surface area contributed by atoms with Crippen LogP contribution in [0.3, 0.4) is 0 Å². The average molecular weight is 864 g/mol. The number of aliphatic hydroxyl groups is 1. The monoisotopic (exact) mass is 863 g/mol. The number of fused-ring (bicyclic) bond motifs is 7. The molecule has 1 aromatic rings. The molecule has 7 rings (SSSR count). The summed E-state index contributed by atoms with van der Waals surface area (Å²) in [7, 11) is 0. The van der Waals surface area contributed by atoms with Gasteiger partial charge in [0.15, 0.2) is 5.78 Å². The molecule has 5 fully saturated rings. The lowest BCUT2D eigenvalue weighted by Gasteiger charge is -2.72. The van der Waals surface area contributed by atoms with Gasteiger partial charge in [0, 0.05) is 34.4 Å². The number of aliphatic hydroxyl groups excluding tert-OH is 1. The van der Waals surface area contributed by atoms with Gasteiger partial charge in [-0.3, -0.25) is 19.2 Å². The number of carboxylic acid groups (broad SMARTS) is 1. The van der Waals surface area contributed by atoms with Crippen molar-refractivity contribution in [3.8, 4) is 0 Å². The molecule has 0 radical (unpaired) electrons. The summed E-state index contributed by atoms with van der Waals surface area (Å²) in [5.74, 6) is -0.528. The molecule has 9 nitrogen and oxygen atoms in total. The van der Waals surface area contributed by atoms with Crippen molar-refractivity contribution in [1.82, 2.24) is 10.6 Å². The Balaban J connectivity index is 1.08. The Bertz CT molecular complexity index is 1960. The lowest BCUT2D eigenvalue weighted by molar-refractivity contribution is -0.236. The number of carboxylic acids is 1. The predicted molar refractivity (Wildman–Crippen MR) is 239 cm³/mol. The van der Waals surface area contributed by atoms with E-state index < -0.39 is 28.9 Å². The molecule has 61 heavy (non-hydrogen) atoms. The summed E-state index contributed by atoms with van der Waals surface area (Å²) >= 11 is 6.06. The maximum absolute atomic E-state index is 14.2. The quantitative estimate of drug-likeness (QED) is 0.120. The van der Waals surface area contributed by atoms with Gasteiger partial charge in [-0.2, -0.15) is 0 Å². The van der Waals surface area contributed by atoms with Crippen LogP contribution >= 0.6 is 11.6 Å². The number of carbonyl (C=O) groups excluding carboxylic acids is 3. The van der Waals surface area contributed by atoms with E-state index >= 15 is 0 Å². The first-order chi connectivity index (χ1) is 28.3. The summed E-state index contributed by atoms with van der Waals surface area (Å²) in [6, 6.07) is 6.74. The number of halogens is 1. The molecule has 6 aliphatic carbocycles. The van der Waals surface area contributed by atoms with E-state index in [1.54, 1.807) is 31.2 Å². The number of nitrogens with one attached hydrogen (secondary N) is 2. The lowest BCUT2D eigenvalue weighted by atomic mass is 9.33. The first-order valence-corrected chi connectivity index (χ1v) is 23.8. The molecule has 0 saturated heterocycles. The summed E-state index contributed by atoms with van der Waals surface area (Å²) < 4.78 is 6.44. The largest absolute Gasteiger partial charge is 0.481 e. The molecule has 10 heteroatoms. The van der Waals surface area contributed by atoms with Crippen molar-refractivity contribution in [3.05, 3.63) is 46.0 Å². The summed E-state index contributed by atoms with van der Waals surface area (Å²) in [4.78, 5) is 52.9. The first kappa shape index (κ1) is 46.2. The van der Waals surface area contributed by atoms with E-state index in [9.17, 15) is 29.4 Å². The second-order valence-corrected chi connectivity index (χ2v) is 23.7. The summed E-state index contributed by atoms with van der Waals surface area (Å²) in [5.41, 5.74) is 1.25. The Morgan fingerprint density at radius 3 is 2.15 bits per heavy atom. The number of benzene rings is 1. The van der Waals surface area contributed by atoms with Crippen LogP contribution in [0.1, 0.15) is 157 Å². The minimum Gasteiger partial charge on any atom is -0.481 e. The number of hydrogen-bond donors (Lipinski definition) is 4. The number of hydrogen-bond acceptors (Lipinski definition) is 7. The molecular weight excluding hydrogens is 788 g/mol. The zero-order valence-electron chi connectivity index (χ0n) is 38.9. The molecule has 0 bridgehead atoms. The predicted octanol–water partition coefficient (Wildman–Crippen LogP) is 9.83. The molecule has 12 atom stereocenters. The molecule has 1 aromatic carbocycles. The zero-order chi connectivity index (χ0) is 44.9. The molecular formula is C51H75ClN2O7. The zero-order valence-corrected chi connectivity index (χ0v) is 39.7. The van der Waals surface area contributed by atoms with Gasteiger partial charge in [0.2, 0.25) is 0 Å². The van der Waals surface area contributed by atoms with Gasteiger partial charge >= 0.3 is 11.9 Å². The van der Waals surface area contributed by atoms with Gasteiger partial charge in [-0.15, -0.1) is 0 Å².